The molecule has 1 unspecified atom stereocenters. The molecule has 5 heteroatoms. The summed E-state index contributed by atoms with van der Waals surface area (Å²) in [5.41, 5.74) is 11.0. The first-order valence-corrected chi connectivity index (χ1v) is 4.04. The fraction of sp³-hybridized carbons (Fsp3) is 0.222. The maximum absolute atomic E-state index is 12.8. The Balaban J connectivity index is 3.22. The molecular weight excluding hydrogens is 187 g/mol. The highest BCUT2D eigenvalue weighted by Gasteiger charge is 2.15. The second kappa shape index (κ2) is 4.17. The standard InChI is InChI=1S/C9H11FN2O2/c10-5-1-2-6(9(13)14)7(3-5)8(12)4-11/h1-3,8H,4,11-12H2,(H,13,14). The van der Waals surface area contributed by atoms with E-state index in [1.54, 1.807) is 0 Å². The summed E-state index contributed by atoms with van der Waals surface area (Å²) in [6.07, 6.45) is 0. The van der Waals surface area contributed by atoms with Crippen LogP contribution in [0.1, 0.15) is 22.0 Å². The van der Waals surface area contributed by atoms with Crippen molar-refractivity contribution >= 4 is 5.97 Å². The quantitative estimate of drug-likeness (QED) is 0.659. The Kier molecular flexibility index (Phi) is 3.16. The van der Waals surface area contributed by atoms with Crippen LogP contribution in [0.4, 0.5) is 4.39 Å². The number of benzene rings is 1. The van der Waals surface area contributed by atoms with E-state index in [0.29, 0.717) is 0 Å². The lowest BCUT2D eigenvalue weighted by molar-refractivity contribution is 0.0695. The molecule has 0 radical (unpaired) electrons. The number of carboxylic acid groups (broad SMARTS) is 1. The van der Waals surface area contributed by atoms with Crippen molar-refractivity contribution in [3.63, 3.8) is 0 Å². The molecule has 0 bridgehead atoms. The average Bonchev–Trinajstić information content (AvgIpc) is 2.16. The zero-order valence-electron chi connectivity index (χ0n) is 7.40. The molecule has 0 spiro atoms. The molecule has 4 nitrogen and oxygen atoms in total. The van der Waals surface area contributed by atoms with E-state index in [9.17, 15) is 9.18 Å². The third-order valence-electron chi connectivity index (χ3n) is 1.90. The van der Waals surface area contributed by atoms with E-state index in [2.05, 4.69) is 0 Å². The van der Waals surface area contributed by atoms with E-state index in [1.807, 2.05) is 0 Å². The summed E-state index contributed by atoms with van der Waals surface area (Å²) in [6, 6.07) is 2.71. The Morgan fingerprint density at radius 3 is 2.71 bits per heavy atom. The molecular formula is C9H11FN2O2. The third-order valence-corrected chi connectivity index (χ3v) is 1.90. The van der Waals surface area contributed by atoms with Gasteiger partial charge < -0.3 is 16.6 Å². The van der Waals surface area contributed by atoms with Crippen LogP contribution in [0, 0.1) is 5.82 Å². The van der Waals surface area contributed by atoms with Gasteiger partial charge in [0.1, 0.15) is 5.82 Å². The van der Waals surface area contributed by atoms with Gasteiger partial charge in [0.15, 0.2) is 0 Å². The summed E-state index contributed by atoms with van der Waals surface area (Å²) in [6.45, 7) is 0.0731. The fourth-order valence-electron chi connectivity index (χ4n) is 1.16. The normalized spacial score (nSPS) is 12.5. The van der Waals surface area contributed by atoms with Crippen molar-refractivity contribution in [1.29, 1.82) is 0 Å². The van der Waals surface area contributed by atoms with Crippen LogP contribution in [0.5, 0.6) is 0 Å². The highest BCUT2D eigenvalue weighted by Crippen LogP contribution is 2.17. The van der Waals surface area contributed by atoms with Crippen molar-refractivity contribution in [2.75, 3.05) is 6.54 Å². The molecule has 0 aromatic heterocycles. The molecule has 1 rings (SSSR count). The SMILES string of the molecule is NCC(N)c1cc(F)ccc1C(=O)O. The van der Waals surface area contributed by atoms with Gasteiger partial charge in [0.2, 0.25) is 0 Å². The number of carboxylic acids is 1. The van der Waals surface area contributed by atoms with Gasteiger partial charge >= 0.3 is 5.97 Å². The molecule has 0 heterocycles. The summed E-state index contributed by atoms with van der Waals surface area (Å²) in [5.74, 6) is -1.65. The first-order valence-electron chi connectivity index (χ1n) is 4.04. The monoisotopic (exact) mass is 198 g/mol. The van der Waals surface area contributed by atoms with Crippen molar-refractivity contribution in [3.8, 4) is 0 Å². The Morgan fingerprint density at radius 1 is 1.57 bits per heavy atom. The number of halogens is 1. The Labute approximate surface area is 80.3 Å². The molecule has 0 saturated carbocycles. The molecule has 0 aliphatic carbocycles. The van der Waals surface area contributed by atoms with Crippen LogP contribution in [0.15, 0.2) is 18.2 Å². The number of hydrogen-bond donors (Lipinski definition) is 3. The summed E-state index contributed by atoms with van der Waals surface area (Å²) in [5, 5.41) is 8.78. The number of hydrogen-bond acceptors (Lipinski definition) is 3. The van der Waals surface area contributed by atoms with Gasteiger partial charge in [0.05, 0.1) is 5.56 Å². The zero-order valence-corrected chi connectivity index (χ0v) is 7.40. The summed E-state index contributed by atoms with van der Waals surface area (Å²) >= 11 is 0. The second-order valence-corrected chi connectivity index (χ2v) is 2.88. The highest BCUT2D eigenvalue weighted by atomic mass is 19.1. The first kappa shape index (κ1) is 10.6. The van der Waals surface area contributed by atoms with E-state index >= 15 is 0 Å². The van der Waals surface area contributed by atoms with Gasteiger partial charge in [-0.25, -0.2) is 9.18 Å². The average molecular weight is 198 g/mol. The van der Waals surface area contributed by atoms with Crippen LogP contribution >= 0.6 is 0 Å². The minimum absolute atomic E-state index is 0.00986. The molecule has 76 valence electrons. The topological polar surface area (TPSA) is 89.3 Å². The van der Waals surface area contributed by atoms with Gasteiger partial charge in [0.25, 0.3) is 0 Å². The zero-order chi connectivity index (χ0) is 10.7. The summed E-state index contributed by atoms with van der Waals surface area (Å²) < 4.78 is 12.8. The smallest absolute Gasteiger partial charge is 0.336 e. The van der Waals surface area contributed by atoms with Crippen molar-refractivity contribution < 1.29 is 14.3 Å². The summed E-state index contributed by atoms with van der Waals surface area (Å²) in [7, 11) is 0. The molecule has 1 aromatic rings. The highest BCUT2D eigenvalue weighted by molar-refractivity contribution is 5.89. The fourth-order valence-corrected chi connectivity index (χ4v) is 1.16. The Hall–Kier alpha value is -1.46. The Bertz CT molecular complexity index is 355. The van der Waals surface area contributed by atoms with Gasteiger partial charge in [0, 0.05) is 12.6 Å². The van der Waals surface area contributed by atoms with Crippen LogP contribution in [0.3, 0.4) is 0 Å². The van der Waals surface area contributed by atoms with Crippen LogP contribution in [-0.4, -0.2) is 17.6 Å². The molecule has 5 N–H and O–H groups in total. The molecule has 1 aromatic carbocycles. The van der Waals surface area contributed by atoms with E-state index < -0.39 is 17.8 Å². The predicted molar refractivity (Wildman–Crippen MR) is 49.3 cm³/mol. The largest absolute Gasteiger partial charge is 0.478 e. The number of aromatic carboxylic acids is 1. The Morgan fingerprint density at radius 2 is 2.21 bits per heavy atom. The molecule has 0 saturated heterocycles. The lowest BCUT2D eigenvalue weighted by Crippen LogP contribution is -2.23. The minimum Gasteiger partial charge on any atom is -0.478 e. The van der Waals surface area contributed by atoms with Gasteiger partial charge in [-0.2, -0.15) is 0 Å². The predicted octanol–water partition coefficient (Wildman–Crippen LogP) is 0.482. The lowest BCUT2D eigenvalue weighted by Gasteiger charge is -2.12. The molecule has 0 aliphatic rings. The number of nitrogens with two attached hydrogens (primary N) is 2. The molecule has 0 amide bonds. The van der Waals surface area contributed by atoms with Crippen molar-refractivity contribution in [2.45, 2.75) is 6.04 Å². The summed E-state index contributed by atoms with van der Waals surface area (Å²) in [4.78, 5) is 10.7. The van der Waals surface area contributed by atoms with E-state index in [0.717, 1.165) is 12.1 Å². The molecule has 14 heavy (non-hydrogen) atoms. The van der Waals surface area contributed by atoms with Crippen molar-refractivity contribution in [3.05, 3.63) is 35.1 Å². The molecule has 0 aliphatic heterocycles. The van der Waals surface area contributed by atoms with Gasteiger partial charge in [-0.3, -0.25) is 0 Å². The molecule has 1 atom stereocenters. The van der Waals surface area contributed by atoms with Crippen LogP contribution in [0.2, 0.25) is 0 Å². The minimum atomic E-state index is -1.14. The van der Waals surface area contributed by atoms with E-state index in [1.165, 1.54) is 6.07 Å². The maximum atomic E-state index is 12.8. The number of carbonyl (C=O) groups is 1. The van der Waals surface area contributed by atoms with E-state index in [4.69, 9.17) is 16.6 Å². The van der Waals surface area contributed by atoms with Gasteiger partial charge in [-0.1, -0.05) is 0 Å². The first-order chi connectivity index (χ1) is 6.56. The third kappa shape index (κ3) is 2.07. The second-order valence-electron chi connectivity index (χ2n) is 2.88. The van der Waals surface area contributed by atoms with Crippen LogP contribution in [0.25, 0.3) is 0 Å². The lowest BCUT2D eigenvalue weighted by atomic mass is 10.0. The van der Waals surface area contributed by atoms with Gasteiger partial charge in [-0.15, -0.1) is 0 Å². The van der Waals surface area contributed by atoms with E-state index in [-0.39, 0.29) is 17.7 Å². The van der Waals surface area contributed by atoms with Crippen LogP contribution in [-0.2, 0) is 0 Å². The molecule has 0 fully saturated rings. The van der Waals surface area contributed by atoms with Gasteiger partial charge in [-0.05, 0) is 23.8 Å². The van der Waals surface area contributed by atoms with Crippen molar-refractivity contribution in [2.24, 2.45) is 11.5 Å². The van der Waals surface area contributed by atoms with Crippen LogP contribution < -0.4 is 11.5 Å². The number of rotatable bonds is 3. The van der Waals surface area contributed by atoms with Crippen molar-refractivity contribution in [1.82, 2.24) is 0 Å². The maximum Gasteiger partial charge on any atom is 0.336 e.